The Bertz CT molecular complexity index is 1090. The highest BCUT2D eigenvalue weighted by Gasteiger charge is 2.35. The van der Waals surface area contributed by atoms with E-state index in [9.17, 15) is 14.0 Å². The SMILES string of the molecule is O=C(Cc1ccc(F)cc1)N1CCC(C(=O)N2CCC(c3nc4ccncc4[nH]3)C2)CC1. The summed E-state index contributed by atoms with van der Waals surface area (Å²) >= 11 is 0. The van der Waals surface area contributed by atoms with Crippen LogP contribution >= 0.6 is 0 Å². The molecule has 0 spiro atoms. The number of pyridine rings is 1. The molecule has 8 heteroatoms. The van der Waals surface area contributed by atoms with Gasteiger partial charge in [0.15, 0.2) is 0 Å². The number of benzene rings is 1. The van der Waals surface area contributed by atoms with Gasteiger partial charge in [0.2, 0.25) is 11.8 Å². The molecule has 0 bridgehead atoms. The van der Waals surface area contributed by atoms with E-state index in [1.54, 1.807) is 24.5 Å². The summed E-state index contributed by atoms with van der Waals surface area (Å²) < 4.78 is 13.1. The fourth-order valence-electron chi connectivity index (χ4n) is 4.78. The molecule has 1 atom stereocenters. The number of H-pyrrole nitrogens is 1. The molecule has 0 saturated carbocycles. The molecule has 3 aromatic rings. The highest BCUT2D eigenvalue weighted by molar-refractivity contribution is 5.81. The summed E-state index contributed by atoms with van der Waals surface area (Å²) in [5.74, 6) is 1.01. The van der Waals surface area contributed by atoms with Crippen molar-refractivity contribution < 1.29 is 14.0 Å². The smallest absolute Gasteiger partial charge is 0.226 e. The number of nitrogens with one attached hydrogen (secondary N) is 1. The molecule has 2 amide bonds. The van der Waals surface area contributed by atoms with Crippen LogP contribution in [0.4, 0.5) is 4.39 Å². The zero-order chi connectivity index (χ0) is 22.1. The van der Waals surface area contributed by atoms with E-state index in [0.29, 0.717) is 32.5 Å². The second kappa shape index (κ2) is 8.68. The van der Waals surface area contributed by atoms with Crippen LogP contribution in [-0.2, 0) is 16.0 Å². The molecule has 0 radical (unpaired) electrons. The van der Waals surface area contributed by atoms with Crippen LogP contribution in [0.15, 0.2) is 42.7 Å². The average Bonchev–Trinajstić information content (AvgIpc) is 3.47. The maximum Gasteiger partial charge on any atom is 0.226 e. The van der Waals surface area contributed by atoms with Crippen LogP contribution in [0, 0.1) is 11.7 Å². The van der Waals surface area contributed by atoms with E-state index in [2.05, 4.69) is 15.0 Å². The molecule has 1 aromatic carbocycles. The topological polar surface area (TPSA) is 82.2 Å². The highest BCUT2D eigenvalue weighted by atomic mass is 19.1. The van der Waals surface area contributed by atoms with Crippen LogP contribution in [0.2, 0.25) is 0 Å². The number of amides is 2. The molecule has 7 nitrogen and oxygen atoms in total. The van der Waals surface area contributed by atoms with Gasteiger partial charge in [-0.3, -0.25) is 14.6 Å². The molecule has 2 saturated heterocycles. The van der Waals surface area contributed by atoms with Gasteiger partial charge in [0, 0.05) is 44.2 Å². The lowest BCUT2D eigenvalue weighted by molar-refractivity contribution is -0.139. The van der Waals surface area contributed by atoms with Crippen molar-refractivity contribution in [1.82, 2.24) is 24.8 Å². The van der Waals surface area contributed by atoms with Crippen LogP contribution in [0.25, 0.3) is 11.0 Å². The fourth-order valence-corrected chi connectivity index (χ4v) is 4.78. The van der Waals surface area contributed by atoms with Gasteiger partial charge in [-0.15, -0.1) is 0 Å². The number of piperidine rings is 1. The Kier molecular flexibility index (Phi) is 5.59. The molecule has 1 N–H and O–H groups in total. The van der Waals surface area contributed by atoms with Gasteiger partial charge in [-0.05, 0) is 43.0 Å². The van der Waals surface area contributed by atoms with Crippen molar-refractivity contribution in [3.05, 3.63) is 59.9 Å². The van der Waals surface area contributed by atoms with Gasteiger partial charge < -0.3 is 14.8 Å². The second-order valence-corrected chi connectivity index (χ2v) is 8.74. The number of rotatable bonds is 4. The van der Waals surface area contributed by atoms with E-state index in [4.69, 9.17) is 0 Å². The van der Waals surface area contributed by atoms with Crippen molar-refractivity contribution in [2.75, 3.05) is 26.2 Å². The van der Waals surface area contributed by atoms with Gasteiger partial charge in [0.1, 0.15) is 11.6 Å². The monoisotopic (exact) mass is 435 g/mol. The molecular weight excluding hydrogens is 409 g/mol. The lowest BCUT2D eigenvalue weighted by Crippen LogP contribution is -2.44. The molecule has 0 aliphatic carbocycles. The lowest BCUT2D eigenvalue weighted by Gasteiger charge is -2.33. The quantitative estimate of drug-likeness (QED) is 0.683. The molecule has 2 fully saturated rings. The average molecular weight is 436 g/mol. The number of hydrogen-bond acceptors (Lipinski definition) is 4. The summed E-state index contributed by atoms with van der Waals surface area (Å²) in [4.78, 5) is 41.6. The number of likely N-dealkylation sites (tertiary alicyclic amines) is 2. The number of halogens is 1. The highest BCUT2D eigenvalue weighted by Crippen LogP contribution is 2.29. The summed E-state index contributed by atoms with van der Waals surface area (Å²) in [6, 6.07) is 7.92. The van der Waals surface area contributed by atoms with Crippen molar-refractivity contribution in [3.63, 3.8) is 0 Å². The van der Waals surface area contributed by atoms with E-state index in [1.165, 1.54) is 12.1 Å². The van der Waals surface area contributed by atoms with E-state index in [-0.39, 0.29) is 35.9 Å². The van der Waals surface area contributed by atoms with Gasteiger partial charge in [0.05, 0.1) is 23.7 Å². The molecule has 166 valence electrons. The summed E-state index contributed by atoms with van der Waals surface area (Å²) in [5.41, 5.74) is 2.63. The molecule has 1 unspecified atom stereocenters. The Hall–Kier alpha value is -3.29. The zero-order valence-electron chi connectivity index (χ0n) is 17.8. The number of nitrogens with zero attached hydrogens (tertiary/aromatic N) is 4. The minimum atomic E-state index is -0.304. The molecular formula is C24H26FN5O2. The van der Waals surface area contributed by atoms with Gasteiger partial charge in [-0.25, -0.2) is 9.37 Å². The Morgan fingerprint density at radius 3 is 2.53 bits per heavy atom. The number of imidazole rings is 1. The first kappa shape index (κ1) is 20.6. The number of carbonyl (C=O) groups excluding carboxylic acids is 2. The Labute approximate surface area is 185 Å². The molecule has 2 aromatic heterocycles. The number of hydrogen-bond donors (Lipinski definition) is 1. The third-order valence-corrected chi connectivity index (χ3v) is 6.65. The minimum absolute atomic E-state index is 0.0307. The van der Waals surface area contributed by atoms with Crippen molar-refractivity contribution in [2.24, 2.45) is 5.92 Å². The van der Waals surface area contributed by atoms with Gasteiger partial charge in [-0.1, -0.05) is 12.1 Å². The first-order chi connectivity index (χ1) is 15.6. The molecule has 2 aliphatic heterocycles. The Morgan fingerprint density at radius 1 is 1.03 bits per heavy atom. The van der Waals surface area contributed by atoms with Crippen LogP contribution in [0.3, 0.4) is 0 Å². The third kappa shape index (κ3) is 4.22. The molecule has 5 rings (SSSR count). The standard InChI is InChI=1S/C24H26FN5O2/c25-19-3-1-16(2-4-19)13-22(31)29-10-6-17(7-11-29)24(32)30-12-8-18(15-30)23-27-20-5-9-26-14-21(20)28-23/h1-5,9,14,17-18H,6-8,10-13,15H2,(H,27,28). The van der Waals surface area contributed by atoms with E-state index in [0.717, 1.165) is 35.4 Å². The molecule has 2 aliphatic rings. The van der Waals surface area contributed by atoms with Gasteiger partial charge >= 0.3 is 0 Å². The third-order valence-electron chi connectivity index (χ3n) is 6.65. The number of fused-ring (bicyclic) bond motifs is 1. The van der Waals surface area contributed by atoms with Crippen molar-refractivity contribution >= 4 is 22.8 Å². The van der Waals surface area contributed by atoms with Crippen LogP contribution in [-0.4, -0.2) is 62.7 Å². The van der Waals surface area contributed by atoms with Crippen LogP contribution in [0.1, 0.15) is 36.6 Å². The van der Waals surface area contributed by atoms with Crippen molar-refractivity contribution in [3.8, 4) is 0 Å². The summed E-state index contributed by atoms with van der Waals surface area (Å²) in [7, 11) is 0. The normalized spacial score (nSPS) is 19.6. The first-order valence-electron chi connectivity index (χ1n) is 11.2. The molecule has 32 heavy (non-hydrogen) atoms. The van der Waals surface area contributed by atoms with Crippen LogP contribution < -0.4 is 0 Å². The van der Waals surface area contributed by atoms with Crippen LogP contribution in [0.5, 0.6) is 0 Å². The predicted molar refractivity (Wildman–Crippen MR) is 117 cm³/mol. The van der Waals surface area contributed by atoms with Gasteiger partial charge in [0.25, 0.3) is 0 Å². The number of aromatic nitrogens is 3. The molecule has 4 heterocycles. The lowest BCUT2D eigenvalue weighted by atomic mass is 9.95. The summed E-state index contributed by atoms with van der Waals surface area (Å²) in [6.07, 6.45) is 6.04. The second-order valence-electron chi connectivity index (χ2n) is 8.74. The maximum absolute atomic E-state index is 13.1. The predicted octanol–water partition coefficient (Wildman–Crippen LogP) is 2.89. The zero-order valence-corrected chi connectivity index (χ0v) is 17.8. The van der Waals surface area contributed by atoms with Crippen molar-refractivity contribution in [2.45, 2.75) is 31.6 Å². The largest absolute Gasteiger partial charge is 0.342 e. The number of aromatic amines is 1. The minimum Gasteiger partial charge on any atom is -0.342 e. The summed E-state index contributed by atoms with van der Waals surface area (Å²) in [6.45, 7) is 2.59. The van der Waals surface area contributed by atoms with E-state index in [1.807, 2.05) is 15.9 Å². The van der Waals surface area contributed by atoms with Crippen molar-refractivity contribution in [1.29, 1.82) is 0 Å². The number of carbonyl (C=O) groups is 2. The fraction of sp³-hybridized carbons (Fsp3) is 0.417. The van der Waals surface area contributed by atoms with Gasteiger partial charge in [-0.2, -0.15) is 0 Å². The first-order valence-corrected chi connectivity index (χ1v) is 11.2. The van der Waals surface area contributed by atoms with E-state index >= 15 is 0 Å². The summed E-state index contributed by atoms with van der Waals surface area (Å²) in [5, 5.41) is 0. The Balaban J connectivity index is 1.13. The van der Waals surface area contributed by atoms with E-state index < -0.39 is 0 Å². The Morgan fingerprint density at radius 2 is 1.78 bits per heavy atom. The maximum atomic E-state index is 13.1.